The lowest BCUT2D eigenvalue weighted by molar-refractivity contribution is -0.144. The number of hydrogen-bond donors (Lipinski definition) is 8. The molecule has 0 spiro atoms. The topological polar surface area (TPSA) is 277 Å². The van der Waals surface area contributed by atoms with Crippen molar-refractivity contribution >= 4 is 41.5 Å². The second-order valence-electron chi connectivity index (χ2n) is 9.39. The summed E-state index contributed by atoms with van der Waals surface area (Å²) in [5, 5.41) is 25.2. The Morgan fingerprint density at radius 3 is 2.10 bits per heavy atom. The Kier molecular flexibility index (Phi) is 13.8. The number of carbonyl (C=O) groups is 7. The van der Waals surface area contributed by atoms with Gasteiger partial charge in [-0.1, -0.05) is 0 Å². The number of rotatable bonds is 17. The lowest BCUT2D eigenvalue weighted by Gasteiger charge is -2.30. The number of carboxylic acids is 2. The second kappa shape index (κ2) is 16.2. The minimum absolute atomic E-state index is 0.196. The standard InChI is InChI=1S/C23H39N7O9/c1-12(25)19(34)27-13(5-2-3-9-24)22(37)30-10-4-6-16(30)21(36)29-15(11-17(26)31)20(35)28-14(23(38)39)7-8-18(32)33/h12-16H,2-11,24-25H2,1H3,(H2,26,31)(H,27,34)(H,28,35)(H,29,36)(H,32,33)(H,38,39)/t12-,13-,14-,15-,16-/m0/s1. The molecule has 1 aliphatic heterocycles. The third-order valence-electron chi connectivity index (χ3n) is 6.11. The lowest BCUT2D eigenvalue weighted by Crippen LogP contribution is -2.58. The van der Waals surface area contributed by atoms with Crippen LogP contribution in [0.2, 0.25) is 0 Å². The molecule has 0 bridgehead atoms. The van der Waals surface area contributed by atoms with Crippen LogP contribution in [0.3, 0.4) is 0 Å². The smallest absolute Gasteiger partial charge is 0.326 e. The van der Waals surface area contributed by atoms with E-state index >= 15 is 0 Å². The number of carboxylic acid groups (broad SMARTS) is 2. The summed E-state index contributed by atoms with van der Waals surface area (Å²) < 4.78 is 0. The first-order valence-corrected chi connectivity index (χ1v) is 12.7. The van der Waals surface area contributed by atoms with Gasteiger partial charge in [0.25, 0.3) is 0 Å². The van der Waals surface area contributed by atoms with E-state index in [0.717, 1.165) is 0 Å². The molecule has 0 saturated carbocycles. The molecule has 1 aliphatic rings. The van der Waals surface area contributed by atoms with Crippen LogP contribution in [0.25, 0.3) is 0 Å². The van der Waals surface area contributed by atoms with Crippen LogP contribution < -0.4 is 33.2 Å². The van der Waals surface area contributed by atoms with Crippen LogP contribution in [-0.4, -0.2) is 99.9 Å². The van der Waals surface area contributed by atoms with Gasteiger partial charge >= 0.3 is 11.9 Å². The van der Waals surface area contributed by atoms with Gasteiger partial charge in [-0.3, -0.25) is 28.8 Å². The van der Waals surface area contributed by atoms with E-state index in [0.29, 0.717) is 25.8 Å². The van der Waals surface area contributed by atoms with Gasteiger partial charge in [-0.15, -0.1) is 0 Å². The minimum atomic E-state index is -1.59. The van der Waals surface area contributed by atoms with Crippen molar-refractivity contribution in [2.75, 3.05) is 13.1 Å². The quantitative estimate of drug-likeness (QED) is 0.0821. The lowest BCUT2D eigenvalue weighted by atomic mass is 10.1. The number of hydrogen-bond acceptors (Lipinski definition) is 9. The summed E-state index contributed by atoms with van der Waals surface area (Å²) in [5.41, 5.74) is 16.3. The van der Waals surface area contributed by atoms with Crippen LogP contribution in [0.4, 0.5) is 0 Å². The van der Waals surface area contributed by atoms with E-state index in [2.05, 4.69) is 16.0 Å². The van der Waals surface area contributed by atoms with E-state index < -0.39 is 90.9 Å². The predicted molar refractivity (Wildman–Crippen MR) is 135 cm³/mol. The Labute approximate surface area is 225 Å². The number of amides is 5. The van der Waals surface area contributed by atoms with E-state index in [1.165, 1.54) is 11.8 Å². The third-order valence-corrected chi connectivity index (χ3v) is 6.11. The third kappa shape index (κ3) is 11.2. The average molecular weight is 558 g/mol. The number of aliphatic carboxylic acids is 2. The van der Waals surface area contributed by atoms with Crippen LogP contribution >= 0.6 is 0 Å². The molecule has 5 amide bonds. The van der Waals surface area contributed by atoms with Gasteiger partial charge in [0, 0.05) is 13.0 Å². The van der Waals surface area contributed by atoms with Crippen molar-refractivity contribution in [3.63, 3.8) is 0 Å². The molecule has 1 fully saturated rings. The first-order valence-electron chi connectivity index (χ1n) is 12.7. The van der Waals surface area contributed by atoms with Crippen LogP contribution in [-0.2, 0) is 33.6 Å². The first-order chi connectivity index (χ1) is 18.3. The monoisotopic (exact) mass is 557 g/mol. The molecule has 1 rings (SSSR count). The number of nitrogens with two attached hydrogens (primary N) is 3. The second-order valence-corrected chi connectivity index (χ2v) is 9.39. The molecular formula is C23H39N7O9. The van der Waals surface area contributed by atoms with Gasteiger partial charge in [-0.2, -0.15) is 0 Å². The molecule has 0 radical (unpaired) electrons. The summed E-state index contributed by atoms with van der Waals surface area (Å²) in [5.74, 6) is -6.65. The molecule has 0 aromatic rings. The maximum atomic E-state index is 13.3. The average Bonchev–Trinajstić information content (AvgIpc) is 3.34. The SMILES string of the molecule is C[C@H](N)C(=O)N[C@@H](CCCCN)C(=O)N1CCC[C@H]1C(=O)N[C@@H](CC(N)=O)C(=O)N[C@@H](CCC(=O)O)C(=O)O. The van der Waals surface area contributed by atoms with Crippen molar-refractivity contribution in [1.29, 1.82) is 0 Å². The van der Waals surface area contributed by atoms with E-state index in [9.17, 15) is 38.7 Å². The van der Waals surface area contributed by atoms with Crippen molar-refractivity contribution in [1.82, 2.24) is 20.9 Å². The molecule has 0 aliphatic carbocycles. The Morgan fingerprint density at radius 1 is 0.923 bits per heavy atom. The molecule has 39 heavy (non-hydrogen) atoms. The highest BCUT2D eigenvalue weighted by atomic mass is 16.4. The van der Waals surface area contributed by atoms with E-state index in [1.54, 1.807) is 0 Å². The van der Waals surface area contributed by atoms with Gasteiger partial charge < -0.3 is 48.3 Å². The minimum Gasteiger partial charge on any atom is -0.481 e. The summed E-state index contributed by atoms with van der Waals surface area (Å²) >= 11 is 0. The summed E-state index contributed by atoms with van der Waals surface area (Å²) in [6.45, 7) is 2.05. The number of primary amides is 1. The number of carbonyl (C=O) groups excluding carboxylic acids is 5. The molecule has 5 atom stereocenters. The van der Waals surface area contributed by atoms with Gasteiger partial charge in [-0.05, 0) is 52.0 Å². The normalized spacial score (nSPS) is 17.8. The number of nitrogens with zero attached hydrogens (tertiary/aromatic N) is 1. The maximum Gasteiger partial charge on any atom is 0.326 e. The van der Waals surface area contributed by atoms with Crippen molar-refractivity contribution < 1.29 is 43.8 Å². The Balaban J connectivity index is 3.04. The van der Waals surface area contributed by atoms with E-state index in [1.807, 2.05) is 0 Å². The van der Waals surface area contributed by atoms with Crippen molar-refractivity contribution in [2.45, 2.75) is 88.5 Å². The van der Waals surface area contributed by atoms with Gasteiger partial charge in [0.2, 0.25) is 29.5 Å². The fourth-order valence-corrected chi connectivity index (χ4v) is 4.03. The van der Waals surface area contributed by atoms with Crippen molar-refractivity contribution in [3.05, 3.63) is 0 Å². The van der Waals surface area contributed by atoms with Gasteiger partial charge in [0.1, 0.15) is 24.2 Å². The Morgan fingerprint density at radius 2 is 1.56 bits per heavy atom. The van der Waals surface area contributed by atoms with Crippen molar-refractivity contribution in [2.24, 2.45) is 17.2 Å². The molecule has 220 valence electrons. The molecule has 0 aromatic carbocycles. The van der Waals surface area contributed by atoms with Crippen LogP contribution in [0.15, 0.2) is 0 Å². The van der Waals surface area contributed by atoms with Gasteiger partial charge in [0.05, 0.1) is 12.5 Å². The molecule has 0 aromatic heterocycles. The van der Waals surface area contributed by atoms with Gasteiger partial charge in [0.15, 0.2) is 0 Å². The fourth-order valence-electron chi connectivity index (χ4n) is 4.03. The highest BCUT2D eigenvalue weighted by molar-refractivity contribution is 5.97. The maximum absolute atomic E-state index is 13.3. The van der Waals surface area contributed by atoms with Gasteiger partial charge in [-0.25, -0.2) is 4.79 Å². The Bertz CT molecular complexity index is 928. The number of nitrogens with one attached hydrogen (secondary N) is 3. The molecule has 16 heteroatoms. The molecule has 1 saturated heterocycles. The summed E-state index contributed by atoms with van der Waals surface area (Å²) in [4.78, 5) is 86.5. The molecular weight excluding hydrogens is 518 g/mol. The highest BCUT2D eigenvalue weighted by Crippen LogP contribution is 2.20. The zero-order valence-electron chi connectivity index (χ0n) is 21.9. The van der Waals surface area contributed by atoms with Crippen molar-refractivity contribution in [3.8, 4) is 0 Å². The molecule has 0 unspecified atom stereocenters. The summed E-state index contributed by atoms with van der Waals surface area (Å²) in [7, 11) is 0. The highest BCUT2D eigenvalue weighted by Gasteiger charge is 2.39. The van der Waals surface area contributed by atoms with E-state index in [4.69, 9.17) is 22.3 Å². The predicted octanol–water partition coefficient (Wildman–Crippen LogP) is -3.27. The molecule has 1 heterocycles. The van der Waals surface area contributed by atoms with Crippen LogP contribution in [0.1, 0.15) is 58.3 Å². The number of likely N-dealkylation sites (tertiary alicyclic amines) is 1. The molecule has 16 nitrogen and oxygen atoms in total. The molecule has 11 N–H and O–H groups in total. The Hall–Kier alpha value is -3.79. The first kappa shape index (κ1) is 33.2. The fraction of sp³-hybridized carbons (Fsp3) is 0.696. The summed E-state index contributed by atoms with van der Waals surface area (Å²) in [6.07, 6.45) is 0.430. The zero-order chi connectivity index (χ0) is 29.7. The largest absolute Gasteiger partial charge is 0.481 e. The van der Waals surface area contributed by atoms with E-state index in [-0.39, 0.29) is 19.4 Å². The zero-order valence-corrected chi connectivity index (χ0v) is 21.9. The van der Waals surface area contributed by atoms with Crippen LogP contribution in [0, 0.1) is 0 Å². The van der Waals surface area contributed by atoms with Crippen LogP contribution in [0.5, 0.6) is 0 Å². The summed E-state index contributed by atoms with van der Waals surface area (Å²) in [6, 6.07) is -6.03. The number of unbranched alkanes of at least 4 members (excludes halogenated alkanes) is 1.